The van der Waals surface area contributed by atoms with Crippen LogP contribution in [-0.2, 0) is 0 Å². The van der Waals surface area contributed by atoms with E-state index in [0.717, 1.165) is 58.7 Å². The van der Waals surface area contributed by atoms with Crippen molar-refractivity contribution in [3.8, 4) is 10.6 Å². The predicted molar refractivity (Wildman–Crippen MR) is 143 cm³/mol. The molecule has 2 heterocycles. The SMILES string of the molecule is CCC1CC(Nc2nc(NCCC3=CC=CCC3)nc(C)c2-c2nc3ccccc3s2)C(O)C1O. The normalized spacial score (nSPS) is 24.1. The summed E-state index contributed by atoms with van der Waals surface area (Å²) >= 11 is 1.61. The minimum atomic E-state index is -0.846. The first-order chi connectivity index (χ1) is 17.0. The standard InChI is InChI=1S/C27H33N5O2S/c1-3-18-15-20(24(34)23(18)33)30-25-22(26-31-19-11-7-8-12-21(19)35-26)16(2)29-27(32-25)28-14-13-17-9-5-4-6-10-17/h4-5,7-9,11-12,18,20,23-24,33-34H,3,6,10,13-15H2,1-2H3,(H2,28,29,30,32). The van der Waals surface area contributed by atoms with Crippen molar-refractivity contribution in [1.29, 1.82) is 0 Å². The number of thiazole rings is 1. The van der Waals surface area contributed by atoms with E-state index >= 15 is 0 Å². The van der Waals surface area contributed by atoms with E-state index in [4.69, 9.17) is 15.0 Å². The number of aromatic nitrogens is 3. The number of rotatable bonds is 8. The van der Waals surface area contributed by atoms with Gasteiger partial charge in [-0.2, -0.15) is 4.98 Å². The van der Waals surface area contributed by atoms with Crippen molar-refractivity contribution in [3.63, 3.8) is 0 Å². The van der Waals surface area contributed by atoms with E-state index in [9.17, 15) is 10.2 Å². The van der Waals surface area contributed by atoms with Gasteiger partial charge in [0.25, 0.3) is 0 Å². The fourth-order valence-corrected chi connectivity index (χ4v) is 6.10. The highest BCUT2D eigenvalue weighted by Gasteiger charge is 2.41. The summed E-state index contributed by atoms with van der Waals surface area (Å²) in [6, 6.07) is 7.78. The molecule has 4 N–H and O–H groups in total. The Balaban J connectivity index is 1.45. The summed E-state index contributed by atoms with van der Waals surface area (Å²) < 4.78 is 1.10. The molecular formula is C27H33N5O2S. The minimum Gasteiger partial charge on any atom is -0.390 e. The van der Waals surface area contributed by atoms with Crippen LogP contribution in [0.4, 0.5) is 11.8 Å². The van der Waals surface area contributed by atoms with Gasteiger partial charge in [0.1, 0.15) is 16.9 Å². The number of para-hydroxylation sites is 1. The average Bonchev–Trinajstić information content (AvgIpc) is 3.40. The van der Waals surface area contributed by atoms with E-state index in [1.165, 1.54) is 5.57 Å². The summed E-state index contributed by atoms with van der Waals surface area (Å²) in [6.07, 6.45) is 9.58. The van der Waals surface area contributed by atoms with Gasteiger partial charge in [0.15, 0.2) is 0 Å². The van der Waals surface area contributed by atoms with Gasteiger partial charge in [-0.3, -0.25) is 0 Å². The van der Waals surface area contributed by atoms with Gasteiger partial charge < -0.3 is 20.8 Å². The van der Waals surface area contributed by atoms with Crippen molar-refractivity contribution in [2.45, 2.75) is 64.2 Å². The molecule has 2 aliphatic carbocycles. The lowest BCUT2D eigenvalue weighted by atomic mass is 10.0. The molecule has 1 aromatic carbocycles. The molecule has 0 bridgehead atoms. The minimum absolute atomic E-state index is 0.0618. The first-order valence-electron chi connectivity index (χ1n) is 12.5. The number of anilines is 2. The lowest BCUT2D eigenvalue weighted by Gasteiger charge is -2.21. The predicted octanol–water partition coefficient (Wildman–Crippen LogP) is 5.07. The van der Waals surface area contributed by atoms with E-state index in [2.05, 4.69) is 34.9 Å². The second-order valence-electron chi connectivity index (χ2n) is 9.45. The summed E-state index contributed by atoms with van der Waals surface area (Å²) in [5, 5.41) is 28.9. The smallest absolute Gasteiger partial charge is 0.224 e. The van der Waals surface area contributed by atoms with Crippen molar-refractivity contribution >= 4 is 33.3 Å². The van der Waals surface area contributed by atoms with Crippen LogP contribution in [0.2, 0.25) is 0 Å². The second-order valence-corrected chi connectivity index (χ2v) is 10.5. The molecule has 0 amide bonds. The van der Waals surface area contributed by atoms with Crippen LogP contribution < -0.4 is 10.6 Å². The molecule has 5 rings (SSSR count). The molecule has 1 fully saturated rings. The summed E-state index contributed by atoms with van der Waals surface area (Å²) in [5.41, 5.74) is 4.04. The number of hydrogen-bond donors (Lipinski definition) is 4. The van der Waals surface area contributed by atoms with Crippen molar-refractivity contribution in [1.82, 2.24) is 15.0 Å². The Morgan fingerprint density at radius 1 is 1.11 bits per heavy atom. The van der Waals surface area contributed by atoms with Gasteiger partial charge in [-0.05, 0) is 50.7 Å². The zero-order valence-corrected chi connectivity index (χ0v) is 21.1. The number of allylic oxidation sites excluding steroid dienone is 3. The Morgan fingerprint density at radius 2 is 1.97 bits per heavy atom. The molecule has 184 valence electrons. The van der Waals surface area contributed by atoms with Gasteiger partial charge >= 0.3 is 0 Å². The van der Waals surface area contributed by atoms with Gasteiger partial charge in [0.2, 0.25) is 5.95 Å². The first-order valence-corrected chi connectivity index (χ1v) is 13.3. The lowest BCUT2D eigenvalue weighted by molar-refractivity contribution is 0.0167. The summed E-state index contributed by atoms with van der Waals surface area (Å²) in [5.74, 6) is 1.26. The van der Waals surface area contributed by atoms with Crippen molar-refractivity contribution in [3.05, 3.63) is 53.8 Å². The number of nitrogens with zero attached hydrogens (tertiary/aromatic N) is 3. The van der Waals surface area contributed by atoms with E-state index in [1.54, 1.807) is 11.3 Å². The fourth-order valence-electron chi connectivity index (χ4n) is 5.04. The molecule has 8 heteroatoms. The quantitative estimate of drug-likeness (QED) is 0.349. The number of nitrogens with one attached hydrogen (secondary N) is 2. The molecule has 7 nitrogen and oxygen atoms in total. The highest BCUT2D eigenvalue weighted by atomic mass is 32.1. The van der Waals surface area contributed by atoms with E-state index in [0.29, 0.717) is 18.2 Å². The van der Waals surface area contributed by atoms with Crippen LogP contribution in [-0.4, -0.2) is 50.0 Å². The van der Waals surface area contributed by atoms with Crippen LogP contribution in [0, 0.1) is 12.8 Å². The molecule has 2 aliphatic rings. The van der Waals surface area contributed by atoms with Crippen LogP contribution >= 0.6 is 11.3 Å². The second kappa shape index (κ2) is 10.4. The molecule has 1 saturated carbocycles. The Bertz CT molecular complexity index is 1220. The summed E-state index contributed by atoms with van der Waals surface area (Å²) in [7, 11) is 0. The molecule has 4 unspecified atom stereocenters. The van der Waals surface area contributed by atoms with Crippen molar-refractivity contribution < 1.29 is 10.2 Å². The third-order valence-corrected chi connectivity index (χ3v) is 8.13. The van der Waals surface area contributed by atoms with Crippen LogP contribution in [0.25, 0.3) is 20.8 Å². The topological polar surface area (TPSA) is 103 Å². The third kappa shape index (κ3) is 5.10. The number of aliphatic hydroxyl groups is 2. The average molecular weight is 492 g/mol. The molecule has 0 aliphatic heterocycles. The molecular weight excluding hydrogens is 458 g/mol. The monoisotopic (exact) mass is 491 g/mol. The Morgan fingerprint density at radius 3 is 2.71 bits per heavy atom. The van der Waals surface area contributed by atoms with Crippen LogP contribution in [0.1, 0.15) is 44.7 Å². The molecule has 2 aromatic heterocycles. The largest absolute Gasteiger partial charge is 0.390 e. The lowest BCUT2D eigenvalue weighted by Crippen LogP contribution is -2.35. The van der Waals surface area contributed by atoms with Crippen LogP contribution in [0.3, 0.4) is 0 Å². The van der Waals surface area contributed by atoms with E-state index < -0.39 is 12.2 Å². The number of hydrogen-bond acceptors (Lipinski definition) is 8. The van der Waals surface area contributed by atoms with Crippen LogP contribution in [0.5, 0.6) is 0 Å². The van der Waals surface area contributed by atoms with Crippen molar-refractivity contribution in [2.24, 2.45) is 5.92 Å². The molecule has 35 heavy (non-hydrogen) atoms. The number of aryl methyl sites for hydroxylation is 1. The highest BCUT2D eigenvalue weighted by Crippen LogP contribution is 2.38. The van der Waals surface area contributed by atoms with Gasteiger partial charge in [0.05, 0.1) is 33.6 Å². The maximum Gasteiger partial charge on any atom is 0.224 e. The molecule has 0 radical (unpaired) electrons. The zero-order chi connectivity index (χ0) is 24.4. The fraction of sp³-hybridized carbons (Fsp3) is 0.444. The molecule has 3 aromatic rings. The maximum atomic E-state index is 10.7. The van der Waals surface area contributed by atoms with Gasteiger partial charge in [-0.1, -0.05) is 49.3 Å². The number of benzene rings is 1. The van der Waals surface area contributed by atoms with E-state index in [-0.39, 0.29) is 12.0 Å². The first kappa shape index (κ1) is 23.9. The Labute approximate surface area is 210 Å². The number of aliphatic hydroxyl groups excluding tert-OH is 2. The molecule has 0 spiro atoms. The van der Waals surface area contributed by atoms with Gasteiger partial charge in [-0.15, -0.1) is 11.3 Å². The summed E-state index contributed by atoms with van der Waals surface area (Å²) in [4.78, 5) is 14.5. The van der Waals surface area contributed by atoms with E-state index in [1.807, 2.05) is 32.0 Å². The zero-order valence-electron chi connectivity index (χ0n) is 20.2. The Kier molecular flexibility index (Phi) is 7.13. The van der Waals surface area contributed by atoms with Crippen LogP contribution in [0.15, 0.2) is 48.1 Å². The van der Waals surface area contributed by atoms with Crippen molar-refractivity contribution in [2.75, 3.05) is 17.2 Å². The third-order valence-electron chi connectivity index (χ3n) is 7.08. The Hall–Kier alpha value is -2.81. The maximum absolute atomic E-state index is 10.7. The molecule has 0 saturated heterocycles. The van der Waals surface area contributed by atoms with Gasteiger partial charge in [0, 0.05) is 6.54 Å². The van der Waals surface area contributed by atoms with Gasteiger partial charge in [-0.25, -0.2) is 9.97 Å². The summed E-state index contributed by atoms with van der Waals surface area (Å²) in [6.45, 7) is 4.77. The molecule has 4 atom stereocenters. The highest BCUT2D eigenvalue weighted by molar-refractivity contribution is 7.21. The number of fused-ring (bicyclic) bond motifs is 1.